The maximum Gasteiger partial charge on any atom is 0.106 e. The smallest absolute Gasteiger partial charge is 0.106 e. The number of rotatable bonds is 8. The van der Waals surface area contributed by atoms with Crippen molar-refractivity contribution in [1.82, 2.24) is 15.0 Å². The first kappa shape index (κ1) is 60.6. The summed E-state index contributed by atoms with van der Waals surface area (Å²) in [5.41, 5.74) is 7.96. The van der Waals surface area contributed by atoms with Gasteiger partial charge in [-0.25, -0.2) is 0 Å². The lowest BCUT2D eigenvalue weighted by atomic mass is 10.0. The van der Waals surface area contributed by atoms with E-state index >= 15 is 0 Å². The maximum atomic E-state index is 5.09. The molecule has 7 heteroatoms. The van der Waals surface area contributed by atoms with Crippen molar-refractivity contribution in [2.24, 2.45) is 0 Å². The molecule has 0 N–H and O–H groups in total. The van der Waals surface area contributed by atoms with E-state index in [0.29, 0.717) is 47.3 Å². The van der Waals surface area contributed by atoms with Crippen LogP contribution in [0.15, 0.2) is 184 Å². The Balaban J connectivity index is 0.000000389. The molecule has 8 aromatic rings. The Morgan fingerprint density at radius 3 is 1.29 bits per heavy atom. The summed E-state index contributed by atoms with van der Waals surface area (Å²) in [6, 6.07) is 37.0. The minimum atomic E-state index is 0.519. The van der Waals surface area contributed by atoms with Gasteiger partial charge in [-0.15, -0.1) is 11.3 Å². The van der Waals surface area contributed by atoms with Gasteiger partial charge in [-0.2, -0.15) is 11.3 Å². The van der Waals surface area contributed by atoms with Gasteiger partial charge in [-0.05, 0) is 146 Å². The van der Waals surface area contributed by atoms with Crippen LogP contribution in [-0.2, 0) is 0 Å². The second-order valence-electron chi connectivity index (χ2n) is 18.6. The van der Waals surface area contributed by atoms with Crippen LogP contribution in [0.1, 0.15) is 202 Å². The fraction of sp³-hybridized carbons (Fsp3) is 0.393. The zero-order valence-corrected chi connectivity index (χ0v) is 46.0. The molecule has 0 saturated heterocycles. The Kier molecular flexibility index (Phi) is 32.7. The number of furan rings is 2. The minimum absolute atomic E-state index is 0.519. The first-order chi connectivity index (χ1) is 32.4. The SMILES string of the molecule is CC(C)c1ccccc1.CC(C)c1ccccn1.CC(C)c1cccnc1.CC(C)c1ccco1.CC(C)c1cccs1.CC(C)c1ccncc1.CC(C)c1ccoc1.CC(C)c1ccsc1. The van der Waals surface area contributed by atoms with E-state index in [9.17, 15) is 0 Å². The van der Waals surface area contributed by atoms with Crippen molar-refractivity contribution >= 4 is 22.7 Å². The molecule has 0 unspecified atom stereocenters. The highest BCUT2D eigenvalue weighted by molar-refractivity contribution is 7.10. The Morgan fingerprint density at radius 2 is 1.00 bits per heavy atom. The lowest BCUT2D eigenvalue weighted by Gasteiger charge is -2.01. The summed E-state index contributed by atoms with van der Waals surface area (Å²) >= 11 is 3.60. The molecule has 0 aliphatic heterocycles. The molecule has 7 heterocycles. The molecule has 5 nitrogen and oxygen atoms in total. The van der Waals surface area contributed by atoms with Gasteiger partial charge in [0.25, 0.3) is 0 Å². The van der Waals surface area contributed by atoms with Gasteiger partial charge in [0.05, 0.1) is 18.8 Å². The average Bonchev–Trinajstić information content (AvgIpc) is 4.21. The van der Waals surface area contributed by atoms with Gasteiger partial charge in [-0.3, -0.25) is 15.0 Å². The van der Waals surface area contributed by atoms with Crippen molar-refractivity contribution < 1.29 is 8.83 Å². The third-order valence-corrected chi connectivity index (χ3v) is 12.0. The quantitative estimate of drug-likeness (QED) is 0.152. The maximum absolute atomic E-state index is 5.09. The zero-order valence-electron chi connectivity index (χ0n) is 44.3. The van der Waals surface area contributed by atoms with Crippen LogP contribution >= 0.6 is 22.7 Å². The summed E-state index contributed by atoms with van der Waals surface area (Å²) in [6.45, 7) is 34.7. The van der Waals surface area contributed by atoms with Crippen LogP contribution in [0, 0.1) is 0 Å². The monoisotopic (exact) mass is 956 g/mol. The standard InChI is InChI=1S/C9H12.3C8H11N.2C7H10O.2C7H10S/c1-8(2)9-6-4-3-5-7-9;1-7(2)8-3-5-9-6-4-8;1-7(2)8-4-3-5-9-6-8;1-7(2)8-5-3-4-6-9-8;1-6(2)7-3-4-8-5-7;1-6(2)7-4-3-5-8-7;1-6(2)7-3-4-8-5-7;1-6(2)7-4-3-5-8-7/h3-8H,1-2H3;3*3-7H,1-2H3;4*3-6H,1-2H3. The largest absolute Gasteiger partial charge is 0.472 e. The van der Waals surface area contributed by atoms with Gasteiger partial charge in [-0.1, -0.05) is 159 Å². The summed E-state index contributed by atoms with van der Waals surface area (Å²) < 4.78 is 9.97. The highest BCUT2D eigenvalue weighted by Crippen LogP contribution is 2.19. The van der Waals surface area contributed by atoms with E-state index in [4.69, 9.17) is 8.83 Å². The number of hydrogen-bond acceptors (Lipinski definition) is 7. The van der Waals surface area contributed by atoms with Gasteiger partial charge in [0, 0.05) is 47.5 Å². The third kappa shape index (κ3) is 28.7. The number of aromatic nitrogens is 3. The summed E-state index contributed by atoms with van der Waals surface area (Å²) in [7, 11) is 0. The van der Waals surface area contributed by atoms with E-state index in [2.05, 4.69) is 190 Å². The zero-order chi connectivity index (χ0) is 50.7. The number of nitrogens with zero attached hydrogens (tertiary/aromatic N) is 3. The summed E-state index contributed by atoms with van der Waals surface area (Å²) in [5, 5.41) is 6.44. The number of thiophene rings is 2. The molecule has 7 aromatic heterocycles. The summed E-state index contributed by atoms with van der Waals surface area (Å²) in [6.07, 6.45) is 14.4. The molecule has 0 bridgehead atoms. The lowest BCUT2D eigenvalue weighted by Crippen LogP contribution is -1.88. The molecule has 0 saturated carbocycles. The minimum Gasteiger partial charge on any atom is -0.472 e. The van der Waals surface area contributed by atoms with Crippen LogP contribution in [0.5, 0.6) is 0 Å². The highest BCUT2D eigenvalue weighted by Gasteiger charge is 2.00. The van der Waals surface area contributed by atoms with Crippen molar-refractivity contribution in [3.05, 3.63) is 219 Å². The highest BCUT2D eigenvalue weighted by atomic mass is 32.1. The molecule has 1 aromatic carbocycles. The Hall–Kier alpha value is -5.37. The van der Waals surface area contributed by atoms with Crippen molar-refractivity contribution in [2.75, 3.05) is 0 Å². The molecule has 0 atom stereocenters. The van der Waals surface area contributed by atoms with Gasteiger partial charge in [0.2, 0.25) is 0 Å². The Morgan fingerprint density at radius 1 is 0.397 bits per heavy atom. The second-order valence-corrected chi connectivity index (χ2v) is 20.4. The van der Waals surface area contributed by atoms with Gasteiger partial charge in [0.15, 0.2) is 0 Å². The van der Waals surface area contributed by atoms with Crippen LogP contribution in [0.4, 0.5) is 0 Å². The molecule has 368 valence electrons. The predicted octanol–water partition coefficient (Wildman–Crippen LogP) is 20.0. The van der Waals surface area contributed by atoms with E-state index in [1.807, 2.05) is 96.8 Å². The fourth-order valence-electron chi connectivity index (χ4n) is 5.47. The molecule has 0 fully saturated rings. The second kappa shape index (κ2) is 36.6. The molecule has 0 radical (unpaired) electrons. The molecule has 0 amide bonds. The van der Waals surface area contributed by atoms with Crippen molar-refractivity contribution in [3.63, 3.8) is 0 Å². The molecular weight excluding hydrogens is 871 g/mol. The third-order valence-electron chi connectivity index (χ3n) is 10.1. The van der Waals surface area contributed by atoms with Crippen molar-refractivity contribution in [1.29, 1.82) is 0 Å². The normalized spacial score (nSPS) is 10.2. The number of pyridine rings is 3. The van der Waals surface area contributed by atoms with Crippen LogP contribution in [-0.4, -0.2) is 15.0 Å². The first-order valence-corrected chi connectivity index (χ1v) is 26.1. The lowest BCUT2D eigenvalue weighted by molar-refractivity contribution is 0.487. The number of hydrogen-bond donors (Lipinski definition) is 0. The topological polar surface area (TPSA) is 65.0 Å². The van der Waals surface area contributed by atoms with Gasteiger partial charge in [0.1, 0.15) is 5.76 Å². The van der Waals surface area contributed by atoms with E-state index in [1.165, 1.54) is 32.7 Å². The Labute approximate surface area is 421 Å². The van der Waals surface area contributed by atoms with E-state index in [-0.39, 0.29) is 0 Å². The molecule has 0 spiro atoms. The van der Waals surface area contributed by atoms with E-state index in [0.717, 1.165) is 11.5 Å². The van der Waals surface area contributed by atoms with Crippen LogP contribution in [0.3, 0.4) is 0 Å². The van der Waals surface area contributed by atoms with E-state index in [1.54, 1.807) is 36.3 Å². The Bertz CT molecular complexity index is 1890. The first-order valence-electron chi connectivity index (χ1n) is 24.3. The van der Waals surface area contributed by atoms with Crippen LogP contribution in [0.2, 0.25) is 0 Å². The van der Waals surface area contributed by atoms with Crippen molar-refractivity contribution in [2.45, 2.75) is 158 Å². The predicted molar refractivity (Wildman–Crippen MR) is 298 cm³/mol. The molecule has 8 rings (SSSR count). The van der Waals surface area contributed by atoms with Crippen molar-refractivity contribution in [3.8, 4) is 0 Å². The van der Waals surface area contributed by atoms with Gasteiger partial charge >= 0.3 is 0 Å². The molecular formula is C61H85N3O2S2. The summed E-state index contributed by atoms with van der Waals surface area (Å²) in [5.74, 6) is 5.99. The number of benzene rings is 1. The molecule has 68 heavy (non-hydrogen) atoms. The molecule has 0 aliphatic rings. The van der Waals surface area contributed by atoms with E-state index < -0.39 is 0 Å². The van der Waals surface area contributed by atoms with Crippen LogP contribution in [0.25, 0.3) is 0 Å². The van der Waals surface area contributed by atoms with Crippen LogP contribution < -0.4 is 0 Å². The fourth-order valence-corrected chi connectivity index (χ4v) is 7.03. The summed E-state index contributed by atoms with van der Waals surface area (Å²) in [4.78, 5) is 13.6. The molecule has 0 aliphatic carbocycles. The average molecular weight is 957 g/mol. The van der Waals surface area contributed by atoms with Gasteiger partial charge < -0.3 is 8.83 Å².